The van der Waals surface area contributed by atoms with Crippen LogP contribution in [-0.2, 0) is 4.74 Å². The van der Waals surface area contributed by atoms with Gasteiger partial charge < -0.3 is 14.0 Å². The zero-order valence-corrected chi connectivity index (χ0v) is 20.8. The standard InChI is InChI=1S/C23H21ClIN3O4/c1-13-9-17(12-26-27-22(29)15-6-8-19(25)21(11-15)31-3)14(2)28(13)20-10-16(23(30)32-4)5-7-18(20)24/h5-12H,1-4H3,(H,27,29)/b26-12-. The van der Waals surface area contributed by atoms with Gasteiger partial charge in [-0.05, 0) is 78.9 Å². The van der Waals surface area contributed by atoms with Crippen molar-refractivity contribution in [2.75, 3.05) is 14.2 Å². The zero-order valence-electron chi connectivity index (χ0n) is 17.9. The van der Waals surface area contributed by atoms with E-state index in [4.69, 9.17) is 21.1 Å². The number of benzene rings is 2. The first kappa shape index (κ1) is 23.8. The van der Waals surface area contributed by atoms with Gasteiger partial charge in [-0.2, -0.15) is 5.10 Å². The summed E-state index contributed by atoms with van der Waals surface area (Å²) in [5.41, 5.74) is 6.56. The number of hydrazone groups is 1. The number of hydrogen-bond acceptors (Lipinski definition) is 5. The number of rotatable bonds is 6. The number of amides is 1. The minimum absolute atomic E-state index is 0.349. The number of carbonyl (C=O) groups excluding carboxylic acids is 2. The van der Waals surface area contributed by atoms with Gasteiger partial charge in [0, 0.05) is 22.5 Å². The lowest BCUT2D eigenvalue weighted by atomic mass is 10.2. The second kappa shape index (κ2) is 10.2. The molecular weight excluding hydrogens is 545 g/mol. The Morgan fingerprint density at radius 2 is 1.81 bits per heavy atom. The van der Waals surface area contributed by atoms with E-state index < -0.39 is 5.97 Å². The third-order valence-corrected chi connectivity index (χ3v) is 6.07. The molecule has 0 unspecified atom stereocenters. The van der Waals surface area contributed by atoms with Crippen LogP contribution in [0.3, 0.4) is 0 Å². The molecule has 7 nitrogen and oxygen atoms in total. The molecule has 1 aromatic heterocycles. The fraction of sp³-hybridized carbons (Fsp3) is 0.174. The Bertz CT molecular complexity index is 1220. The molecule has 3 rings (SSSR count). The second-order valence-corrected chi connectivity index (χ2v) is 8.44. The van der Waals surface area contributed by atoms with Gasteiger partial charge in [-0.25, -0.2) is 10.2 Å². The monoisotopic (exact) mass is 565 g/mol. The highest BCUT2D eigenvalue weighted by molar-refractivity contribution is 14.1. The van der Waals surface area contributed by atoms with Crippen molar-refractivity contribution in [2.24, 2.45) is 5.10 Å². The summed E-state index contributed by atoms with van der Waals surface area (Å²) in [7, 11) is 2.89. The first-order valence-electron chi connectivity index (χ1n) is 9.51. The molecule has 0 aliphatic carbocycles. The molecule has 0 saturated carbocycles. The Morgan fingerprint density at radius 3 is 2.50 bits per heavy atom. The maximum absolute atomic E-state index is 12.4. The average Bonchev–Trinajstić information content (AvgIpc) is 3.06. The van der Waals surface area contributed by atoms with E-state index in [0.717, 1.165) is 20.5 Å². The van der Waals surface area contributed by atoms with E-state index in [-0.39, 0.29) is 5.91 Å². The van der Waals surface area contributed by atoms with Gasteiger partial charge in [-0.15, -0.1) is 0 Å². The van der Waals surface area contributed by atoms with Crippen LogP contribution in [0.4, 0.5) is 0 Å². The lowest BCUT2D eigenvalue weighted by molar-refractivity contribution is 0.0600. The van der Waals surface area contributed by atoms with Crippen LogP contribution < -0.4 is 10.2 Å². The number of nitrogens with one attached hydrogen (secondary N) is 1. The molecule has 1 heterocycles. The van der Waals surface area contributed by atoms with Crippen molar-refractivity contribution in [1.29, 1.82) is 0 Å². The molecule has 2 aromatic carbocycles. The highest BCUT2D eigenvalue weighted by Crippen LogP contribution is 2.27. The van der Waals surface area contributed by atoms with E-state index in [1.54, 1.807) is 49.7 Å². The number of methoxy groups -OCH3 is 2. The van der Waals surface area contributed by atoms with E-state index >= 15 is 0 Å². The number of carbonyl (C=O) groups is 2. The van der Waals surface area contributed by atoms with Crippen LogP contribution in [0.25, 0.3) is 5.69 Å². The molecule has 32 heavy (non-hydrogen) atoms. The third kappa shape index (κ3) is 4.97. The van der Waals surface area contributed by atoms with Crippen LogP contribution in [0.15, 0.2) is 47.6 Å². The summed E-state index contributed by atoms with van der Waals surface area (Å²) in [5, 5.41) is 4.59. The lowest BCUT2D eigenvalue weighted by Gasteiger charge is -2.13. The molecule has 3 aromatic rings. The highest BCUT2D eigenvalue weighted by Gasteiger charge is 2.15. The predicted octanol–water partition coefficient (Wildman–Crippen LogP) is 4.91. The molecular formula is C23H21ClIN3O4. The van der Waals surface area contributed by atoms with Crippen LogP contribution in [0.1, 0.15) is 37.7 Å². The van der Waals surface area contributed by atoms with Gasteiger partial charge in [-0.1, -0.05) is 11.6 Å². The van der Waals surface area contributed by atoms with Crippen molar-refractivity contribution < 1.29 is 19.1 Å². The molecule has 0 spiro atoms. The van der Waals surface area contributed by atoms with Crippen molar-refractivity contribution in [3.63, 3.8) is 0 Å². The topological polar surface area (TPSA) is 81.9 Å². The Kier molecular flexibility index (Phi) is 7.57. The Balaban J connectivity index is 1.85. The summed E-state index contributed by atoms with van der Waals surface area (Å²) in [6.07, 6.45) is 1.57. The third-order valence-electron chi connectivity index (χ3n) is 4.86. The molecule has 0 aliphatic rings. The van der Waals surface area contributed by atoms with E-state index in [9.17, 15) is 9.59 Å². The zero-order chi connectivity index (χ0) is 23.4. The van der Waals surface area contributed by atoms with Crippen molar-refractivity contribution in [3.8, 4) is 11.4 Å². The minimum atomic E-state index is -0.442. The number of aryl methyl sites for hydroxylation is 1. The van der Waals surface area contributed by atoms with E-state index in [1.165, 1.54) is 7.11 Å². The molecule has 0 radical (unpaired) electrons. The number of esters is 1. The van der Waals surface area contributed by atoms with Crippen LogP contribution >= 0.6 is 34.2 Å². The molecule has 0 aliphatic heterocycles. The predicted molar refractivity (Wildman–Crippen MR) is 132 cm³/mol. The minimum Gasteiger partial charge on any atom is -0.496 e. The summed E-state index contributed by atoms with van der Waals surface area (Å²) in [6.45, 7) is 3.82. The van der Waals surface area contributed by atoms with Crippen molar-refractivity contribution in [3.05, 3.63) is 79.1 Å². The lowest BCUT2D eigenvalue weighted by Crippen LogP contribution is -2.17. The van der Waals surface area contributed by atoms with Gasteiger partial charge >= 0.3 is 5.97 Å². The summed E-state index contributed by atoms with van der Waals surface area (Å²) in [5.74, 6) is -0.169. The Labute approximate surface area is 204 Å². The quantitative estimate of drug-likeness (QED) is 0.199. The number of nitrogens with zero attached hydrogens (tertiary/aromatic N) is 2. The summed E-state index contributed by atoms with van der Waals surface area (Å²) in [6, 6.07) is 12.0. The molecule has 0 saturated heterocycles. The molecule has 1 amide bonds. The van der Waals surface area contributed by atoms with Gasteiger partial charge in [0.15, 0.2) is 0 Å². The van der Waals surface area contributed by atoms with Gasteiger partial charge in [-0.3, -0.25) is 4.79 Å². The molecule has 0 atom stereocenters. The normalized spacial score (nSPS) is 10.9. The summed E-state index contributed by atoms with van der Waals surface area (Å²) < 4.78 is 12.9. The van der Waals surface area contributed by atoms with Gasteiger partial charge in [0.2, 0.25) is 0 Å². The number of ether oxygens (including phenoxy) is 2. The maximum Gasteiger partial charge on any atom is 0.337 e. The fourth-order valence-electron chi connectivity index (χ4n) is 3.24. The van der Waals surface area contributed by atoms with Crippen molar-refractivity contribution in [2.45, 2.75) is 13.8 Å². The van der Waals surface area contributed by atoms with E-state index in [1.807, 2.05) is 24.5 Å². The van der Waals surface area contributed by atoms with Crippen LogP contribution in [0.2, 0.25) is 5.02 Å². The fourth-order valence-corrected chi connectivity index (χ4v) is 4.00. The molecule has 1 N–H and O–H groups in total. The Morgan fingerprint density at radius 1 is 1.09 bits per heavy atom. The number of aromatic nitrogens is 1. The van der Waals surface area contributed by atoms with Gasteiger partial charge in [0.25, 0.3) is 5.91 Å². The smallest absolute Gasteiger partial charge is 0.337 e. The summed E-state index contributed by atoms with van der Waals surface area (Å²) >= 11 is 8.54. The van der Waals surface area contributed by atoms with Crippen LogP contribution in [-0.4, -0.2) is 36.9 Å². The largest absolute Gasteiger partial charge is 0.496 e. The number of halogens is 2. The van der Waals surface area contributed by atoms with Crippen LogP contribution in [0.5, 0.6) is 5.75 Å². The highest BCUT2D eigenvalue weighted by atomic mass is 127. The van der Waals surface area contributed by atoms with E-state index in [2.05, 4.69) is 33.1 Å². The Hall–Kier alpha value is -2.85. The average molecular weight is 566 g/mol. The molecule has 9 heteroatoms. The maximum atomic E-state index is 12.4. The van der Waals surface area contributed by atoms with E-state index in [0.29, 0.717) is 27.6 Å². The molecule has 0 bridgehead atoms. The first-order chi connectivity index (χ1) is 15.3. The number of hydrogen-bond donors (Lipinski definition) is 1. The summed E-state index contributed by atoms with van der Waals surface area (Å²) in [4.78, 5) is 24.3. The molecule has 0 fully saturated rings. The SMILES string of the molecule is COC(=O)c1ccc(Cl)c(-n2c(C)cc(/C=N\NC(=O)c3ccc(I)c(OC)c3)c2C)c1. The second-order valence-electron chi connectivity index (χ2n) is 6.87. The van der Waals surface area contributed by atoms with Crippen molar-refractivity contribution >= 4 is 52.3 Å². The van der Waals surface area contributed by atoms with Crippen LogP contribution in [0, 0.1) is 17.4 Å². The van der Waals surface area contributed by atoms with Gasteiger partial charge in [0.05, 0.1) is 40.3 Å². The first-order valence-corrected chi connectivity index (χ1v) is 11.0. The molecule has 166 valence electrons. The van der Waals surface area contributed by atoms with Gasteiger partial charge in [0.1, 0.15) is 5.75 Å². The van der Waals surface area contributed by atoms with Crippen molar-refractivity contribution in [1.82, 2.24) is 9.99 Å².